The lowest BCUT2D eigenvalue weighted by Crippen LogP contribution is -2.40. The molecule has 3 aliphatic rings. The van der Waals surface area contributed by atoms with Crippen LogP contribution in [0, 0.1) is 0 Å². The fourth-order valence-electron chi connectivity index (χ4n) is 5.63. The lowest BCUT2D eigenvalue weighted by atomic mass is 9.78. The molecule has 1 aliphatic carbocycles. The number of Topliss-reactive ketones (excluding diaryl/α,β-unsaturated/α-hetero) is 2. The fourth-order valence-corrected chi connectivity index (χ4v) is 5.63. The Hall–Kier alpha value is -3.96. The number of aromatic amines is 1. The number of ketones is 2. The van der Waals surface area contributed by atoms with Crippen molar-refractivity contribution >= 4 is 34.8 Å². The van der Waals surface area contributed by atoms with Gasteiger partial charge in [-0.3, -0.25) is 23.8 Å². The maximum atomic E-state index is 14.1. The smallest absolute Gasteiger partial charge is 0.327 e. The molecule has 5 rings (SSSR count). The van der Waals surface area contributed by atoms with Gasteiger partial charge in [0, 0.05) is 55.1 Å². The molecule has 1 unspecified atom stereocenters. The predicted molar refractivity (Wildman–Crippen MR) is 131 cm³/mol. The molecule has 0 spiro atoms. The van der Waals surface area contributed by atoms with Gasteiger partial charge in [0.15, 0.2) is 17.3 Å². The minimum absolute atomic E-state index is 0.0193. The molecule has 5 N–H and O–H groups in total. The number of carbonyl (C=O) groups is 4. The topological polar surface area (TPSA) is 157 Å². The molecular weight excluding hydrogens is 466 g/mol. The Morgan fingerprint density at radius 3 is 2.42 bits per heavy atom. The molecule has 0 bridgehead atoms. The van der Waals surface area contributed by atoms with Crippen LogP contribution in [0.5, 0.6) is 11.5 Å². The molecular formula is C25H28N5O6+. The highest BCUT2D eigenvalue weighted by atomic mass is 16.3. The van der Waals surface area contributed by atoms with E-state index in [4.69, 9.17) is 5.73 Å². The molecule has 0 radical (unpaired) electrons. The average molecular weight is 495 g/mol. The molecule has 2 aliphatic heterocycles. The van der Waals surface area contributed by atoms with Gasteiger partial charge in [0.25, 0.3) is 5.91 Å². The van der Waals surface area contributed by atoms with E-state index < -0.39 is 41.0 Å². The van der Waals surface area contributed by atoms with Crippen molar-refractivity contribution in [2.24, 2.45) is 5.73 Å². The molecule has 2 aromatic rings. The summed E-state index contributed by atoms with van der Waals surface area (Å²) >= 11 is 0. The predicted octanol–water partition coefficient (Wildman–Crippen LogP) is 0.775. The number of nitrogens with one attached hydrogen (secondary N) is 1. The van der Waals surface area contributed by atoms with E-state index in [-0.39, 0.29) is 34.5 Å². The van der Waals surface area contributed by atoms with Crippen LogP contribution < -0.4 is 10.2 Å². The molecule has 0 saturated carbocycles. The summed E-state index contributed by atoms with van der Waals surface area (Å²) in [5, 5.41) is 21.7. The van der Waals surface area contributed by atoms with E-state index in [0.29, 0.717) is 40.7 Å². The summed E-state index contributed by atoms with van der Waals surface area (Å²) in [6, 6.07) is -0.536. The first-order valence-electron chi connectivity index (χ1n) is 11.6. The molecule has 3 heterocycles. The number of allylic oxidation sites excluding steroid dienone is 1. The van der Waals surface area contributed by atoms with Gasteiger partial charge in [-0.05, 0) is 18.5 Å². The zero-order valence-corrected chi connectivity index (χ0v) is 20.5. The number of nitrogens with zero attached hydrogens (tertiary/aromatic N) is 3. The first kappa shape index (κ1) is 23.8. The van der Waals surface area contributed by atoms with E-state index >= 15 is 0 Å². The third kappa shape index (κ3) is 2.99. The molecule has 1 atom stereocenters. The van der Waals surface area contributed by atoms with Crippen LogP contribution in [0.3, 0.4) is 0 Å². The minimum atomic E-state index is -1.37. The van der Waals surface area contributed by atoms with Gasteiger partial charge in [-0.1, -0.05) is 0 Å². The van der Waals surface area contributed by atoms with Crippen molar-refractivity contribution in [1.82, 2.24) is 19.3 Å². The first-order chi connectivity index (χ1) is 16.9. The molecule has 36 heavy (non-hydrogen) atoms. The van der Waals surface area contributed by atoms with Crippen molar-refractivity contribution in [2.45, 2.75) is 18.9 Å². The minimum Gasteiger partial charge on any atom is -0.504 e. The number of H-pyrrole nitrogens is 1. The number of benzene rings is 1. The molecule has 188 valence electrons. The summed E-state index contributed by atoms with van der Waals surface area (Å²) in [6.45, 7) is 0.864. The Morgan fingerprint density at radius 1 is 1.11 bits per heavy atom. The SMILES string of the molecule is CN1C(=O)C(C2=C(c3c(O)c(O)cc4c3CC[N+]4(C)C)C(=O)c3[nH]cc(CCN)c3C2=O)N(C)C1=O. The van der Waals surface area contributed by atoms with Crippen molar-refractivity contribution in [3.05, 3.63) is 45.8 Å². The summed E-state index contributed by atoms with van der Waals surface area (Å²) < 4.78 is 0.388. The van der Waals surface area contributed by atoms with Crippen LogP contribution in [-0.4, -0.2) is 95.8 Å². The summed E-state index contributed by atoms with van der Waals surface area (Å²) in [4.78, 5) is 58.9. The number of imide groups is 1. The second-order valence-corrected chi connectivity index (χ2v) is 10.0. The van der Waals surface area contributed by atoms with Gasteiger partial charge in [-0.2, -0.15) is 0 Å². The second-order valence-electron chi connectivity index (χ2n) is 10.0. The third-order valence-corrected chi connectivity index (χ3v) is 7.57. The summed E-state index contributed by atoms with van der Waals surface area (Å²) in [5.74, 6) is -2.85. The molecule has 3 amide bonds. The molecule has 11 nitrogen and oxygen atoms in total. The number of likely N-dealkylation sites (N-methyl/N-ethyl adjacent to an activating group) is 3. The van der Waals surface area contributed by atoms with Crippen molar-refractivity contribution in [2.75, 3.05) is 41.3 Å². The average Bonchev–Trinajstić information content (AvgIpc) is 3.44. The van der Waals surface area contributed by atoms with Crippen LogP contribution in [-0.2, 0) is 17.6 Å². The Bertz CT molecular complexity index is 1420. The second kappa shape index (κ2) is 7.77. The molecule has 1 fully saturated rings. The Morgan fingerprint density at radius 2 is 1.81 bits per heavy atom. The number of fused-ring (bicyclic) bond motifs is 2. The highest BCUT2D eigenvalue weighted by Crippen LogP contribution is 2.49. The number of urea groups is 1. The lowest BCUT2D eigenvalue weighted by molar-refractivity contribution is -0.126. The maximum absolute atomic E-state index is 14.1. The number of hydrogen-bond acceptors (Lipinski definition) is 7. The van der Waals surface area contributed by atoms with E-state index in [9.17, 15) is 29.4 Å². The number of aromatic nitrogens is 1. The quantitative estimate of drug-likeness (QED) is 0.278. The summed E-state index contributed by atoms with van der Waals surface area (Å²) in [7, 11) is 6.55. The van der Waals surface area contributed by atoms with Crippen LogP contribution in [0.4, 0.5) is 10.5 Å². The van der Waals surface area contributed by atoms with Crippen LogP contribution >= 0.6 is 0 Å². The van der Waals surface area contributed by atoms with E-state index in [2.05, 4.69) is 4.98 Å². The monoisotopic (exact) mass is 494 g/mol. The number of nitrogens with two attached hydrogens (primary N) is 1. The number of hydrogen-bond donors (Lipinski definition) is 4. The van der Waals surface area contributed by atoms with Gasteiger partial charge in [-0.25, -0.2) is 4.79 Å². The van der Waals surface area contributed by atoms with Crippen molar-refractivity contribution in [3.8, 4) is 11.5 Å². The Kier molecular flexibility index (Phi) is 5.13. The van der Waals surface area contributed by atoms with Gasteiger partial charge >= 0.3 is 6.03 Å². The number of phenolic OH excluding ortho intramolecular Hbond substituents is 2. The molecule has 1 saturated heterocycles. The van der Waals surface area contributed by atoms with Gasteiger partial charge in [0.05, 0.1) is 31.9 Å². The van der Waals surface area contributed by atoms with Gasteiger partial charge in [-0.15, -0.1) is 0 Å². The highest BCUT2D eigenvalue weighted by Gasteiger charge is 2.51. The highest BCUT2D eigenvalue weighted by molar-refractivity contribution is 6.42. The number of rotatable bonds is 4. The molecule has 1 aromatic carbocycles. The van der Waals surface area contributed by atoms with Crippen LogP contribution in [0.15, 0.2) is 17.8 Å². The zero-order valence-electron chi connectivity index (χ0n) is 20.5. The third-order valence-electron chi connectivity index (χ3n) is 7.57. The van der Waals surface area contributed by atoms with E-state index in [1.54, 1.807) is 0 Å². The van der Waals surface area contributed by atoms with Crippen molar-refractivity contribution < 1.29 is 29.4 Å². The molecule has 11 heteroatoms. The summed E-state index contributed by atoms with van der Waals surface area (Å²) in [5.41, 5.74) is 7.30. The van der Waals surface area contributed by atoms with Crippen LogP contribution in [0.25, 0.3) is 5.57 Å². The van der Waals surface area contributed by atoms with E-state index in [1.165, 1.54) is 26.4 Å². The van der Waals surface area contributed by atoms with E-state index in [1.807, 2.05) is 14.1 Å². The first-order valence-corrected chi connectivity index (χ1v) is 11.6. The Labute approximate surface area is 207 Å². The fraction of sp³-hybridized carbons (Fsp3) is 0.360. The van der Waals surface area contributed by atoms with Crippen LogP contribution in [0.2, 0.25) is 0 Å². The Balaban J connectivity index is 1.88. The number of aromatic hydroxyl groups is 2. The largest absolute Gasteiger partial charge is 0.504 e. The number of phenols is 2. The molecule has 1 aromatic heterocycles. The summed E-state index contributed by atoms with van der Waals surface area (Å²) in [6.07, 6.45) is 2.32. The lowest BCUT2D eigenvalue weighted by Gasteiger charge is -2.28. The number of quaternary nitrogens is 1. The van der Waals surface area contributed by atoms with Gasteiger partial charge in [0.1, 0.15) is 11.7 Å². The number of amides is 3. The van der Waals surface area contributed by atoms with Crippen LogP contribution in [0.1, 0.15) is 37.5 Å². The normalized spacial score (nSPS) is 21.1. The standard InChI is InChI=1S/C25H27N5O6/c1-28-20(24(35)29(2)25(28)36)18-17(23(34)19-15(22(18)33)11(5-7-26)10-27-19)16-12-6-8-30(3,4)13(12)9-14(31)21(16)32/h9-10,20H,5-8,26H2,1-4H3,(H2-,27,31,32,33,34)/p+1. The maximum Gasteiger partial charge on any atom is 0.327 e. The van der Waals surface area contributed by atoms with E-state index in [0.717, 1.165) is 9.80 Å². The van der Waals surface area contributed by atoms with Crippen molar-refractivity contribution in [3.63, 3.8) is 0 Å². The van der Waals surface area contributed by atoms with Crippen molar-refractivity contribution in [1.29, 1.82) is 0 Å². The van der Waals surface area contributed by atoms with Gasteiger partial charge in [0.2, 0.25) is 5.78 Å². The van der Waals surface area contributed by atoms with Gasteiger partial charge < -0.3 is 25.8 Å². The zero-order chi connectivity index (χ0) is 26.3. The number of carbonyl (C=O) groups excluding carboxylic acids is 4.